The maximum Gasteiger partial charge on any atom is 0.410 e. The van der Waals surface area contributed by atoms with E-state index in [0.717, 1.165) is 15.4 Å². The molecule has 1 N–H and O–H groups in total. The molecule has 0 aliphatic carbocycles. The number of amides is 2. The summed E-state index contributed by atoms with van der Waals surface area (Å²) in [5.41, 5.74) is 0.971. The summed E-state index contributed by atoms with van der Waals surface area (Å²) in [5.74, 6) is -0.0475. The largest absolute Gasteiger partial charge is 0.444 e. The number of piperazine rings is 1. The van der Waals surface area contributed by atoms with Crippen LogP contribution >= 0.6 is 15.9 Å². The number of rotatable bonds is 1. The standard InChI is InChI=1S/C19H24BrN3O3/c1-12-11-22(18(25)26-19(2,3)4)7-8-23(12)17(24)16-10-13-9-14(20)5-6-15(13)21-16/h5-6,9-10,12,21H,7-8,11H2,1-4H3. The fourth-order valence-electron chi connectivity index (χ4n) is 3.13. The van der Waals surface area contributed by atoms with Gasteiger partial charge in [0.2, 0.25) is 0 Å². The number of hydrogen-bond donors (Lipinski definition) is 1. The average molecular weight is 422 g/mol. The molecule has 2 aromatic rings. The van der Waals surface area contributed by atoms with Crippen LogP contribution in [-0.4, -0.2) is 58.1 Å². The predicted molar refractivity (Wildman–Crippen MR) is 104 cm³/mol. The molecule has 1 aromatic heterocycles. The zero-order valence-electron chi connectivity index (χ0n) is 15.5. The summed E-state index contributed by atoms with van der Waals surface area (Å²) in [6, 6.07) is 7.65. The van der Waals surface area contributed by atoms with Crippen molar-refractivity contribution in [3.8, 4) is 0 Å². The molecule has 0 bridgehead atoms. The minimum Gasteiger partial charge on any atom is -0.444 e. The van der Waals surface area contributed by atoms with Crippen LogP contribution in [0.5, 0.6) is 0 Å². The zero-order valence-corrected chi connectivity index (χ0v) is 17.1. The van der Waals surface area contributed by atoms with E-state index in [-0.39, 0.29) is 18.0 Å². The van der Waals surface area contributed by atoms with E-state index in [2.05, 4.69) is 20.9 Å². The first kappa shape index (κ1) is 18.8. The summed E-state index contributed by atoms with van der Waals surface area (Å²) in [7, 11) is 0. The molecule has 1 saturated heterocycles. The molecule has 7 heteroatoms. The summed E-state index contributed by atoms with van der Waals surface area (Å²) >= 11 is 3.45. The van der Waals surface area contributed by atoms with E-state index in [0.29, 0.717) is 25.3 Å². The second-order valence-corrected chi connectivity index (χ2v) is 8.60. The lowest BCUT2D eigenvalue weighted by Gasteiger charge is -2.40. The smallest absolute Gasteiger partial charge is 0.410 e. The number of nitrogens with one attached hydrogen (secondary N) is 1. The van der Waals surface area contributed by atoms with E-state index in [1.165, 1.54) is 0 Å². The summed E-state index contributed by atoms with van der Waals surface area (Å²) in [6.07, 6.45) is -0.327. The number of hydrogen-bond acceptors (Lipinski definition) is 3. The number of ether oxygens (including phenoxy) is 1. The van der Waals surface area contributed by atoms with Gasteiger partial charge in [0, 0.05) is 41.1 Å². The van der Waals surface area contributed by atoms with Gasteiger partial charge in [0.1, 0.15) is 11.3 Å². The summed E-state index contributed by atoms with van der Waals surface area (Å²) < 4.78 is 6.40. The minimum atomic E-state index is -0.522. The van der Waals surface area contributed by atoms with Crippen LogP contribution in [0, 0.1) is 0 Å². The number of aromatic nitrogens is 1. The Bertz CT molecular complexity index is 840. The van der Waals surface area contributed by atoms with E-state index in [9.17, 15) is 9.59 Å². The van der Waals surface area contributed by atoms with Crippen LogP contribution in [0.15, 0.2) is 28.7 Å². The van der Waals surface area contributed by atoms with Crippen molar-refractivity contribution in [3.63, 3.8) is 0 Å². The van der Waals surface area contributed by atoms with Gasteiger partial charge < -0.3 is 19.5 Å². The molecule has 1 aromatic carbocycles. The van der Waals surface area contributed by atoms with Gasteiger partial charge in [-0.1, -0.05) is 15.9 Å². The van der Waals surface area contributed by atoms with Gasteiger partial charge in [-0.15, -0.1) is 0 Å². The van der Waals surface area contributed by atoms with Crippen LogP contribution in [0.3, 0.4) is 0 Å². The number of carbonyl (C=O) groups excluding carboxylic acids is 2. The van der Waals surface area contributed by atoms with Gasteiger partial charge >= 0.3 is 6.09 Å². The highest BCUT2D eigenvalue weighted by atomic mass is 79.9. The number of benzene rings is 1. The lowest BCUT2D eigenvalue weighted by molar-refractivity contribution is 0.00608. The van der Waals surface area contributed by atoms with Crippen molar-refractivity contribution in [2.24, 2.45) is 0 Å². The van der Waals surface area contributed by atoms with Crippen LogP contribution in [0.1, 0.15) is 38.2 Å². The third-order valence-electron chi connectivity index (χ3n) is 4.35. The lowest BCUT2D eigenvalue weighted by Crippen LogP contribution is -2.56. The van der Waals surface area contributed by atoms with E-state index in [1.54, 1.807) is 9.80 Å². The molecule has 1 aliphatic rings. The van der Waals surface area contributed by atoms with Crippen LogP contribution in [0.25, 0.3) is 10.9 Å². The highest BCUT2D eigenvalue weighted by Crippen LogP contribution is 2.23. The summed E-state index contributed by atoms with van der Waals surface area (Å²) in [6.45, 7) is 8.92. The normalized spacial score (nSPS) is 18.3. The number of halogens is 1. The van der Waals surface area contributed by atoms with Crippen LogP contribution in [0.4, 0.5) is 4.79 Å². The molecule has 2 heterocycles. The van der Waals surface area contributed by atoms with Crippen molar-refractivity contribution in [1.29, 1.82) is 0 Å². The third-order valence-corrected chi connectivity index (χ3v) is 4.85. The Labute approximate surface area is 161 Å². The van der Waals surface area contributed by atoms with Gasteiger partial charge in [-0.05, 0) is 52.0 Å². The number of aromatic amines is 1. The summed E-state index contributed by atoms with van der Waals surface area (Å²) in [4.78, 5) is 31.8. The van der Waals surface area contributed by atoms with Crippen LogP contribution in [0.2, 0.25) is 0 Å². The fourth-order valence-corrected chi connectivity index (χ4v) is 3.50. The third kappa shape index (κ3) is 4.03. The lowest BCUT2D eigenvalue weighted by atomic mass is 10.1. The summed E-state index contributed by atoms with van der Waals surface area (Å²) in [5, 5.41) is 0.989. The van der Waals surface area contributed by atoms with Gasteiger partial charge in [0.05, 0.1) is 0 Å². The quantitative estimate of drug-likeness (QED) is 0.755. The van der Waals surface area contributed by atoms with Crippen LogP contribution < -0.4 is 0 Å². The molecular formula is C19H24BrN3O3. The molecule has 2 amide bonds. The van der Waals surface area contributed by atoms with Crippen molar-refractivity contribution >= 4 is 38.8 Å². The number of H-pyrrole nitrogens is 1. The first-order valence-electron chi connectivity index (χ1n) is 8.71. The Morgan fingerprint density at radius 1 is 1.23 bits per heavy atom. The molecule has 1 unspecified atom stereocenters. The van der Waals surface area contributed by atoms with E-state index < -0.39 is 5.60 Å². The van der Waals surface area contributed by atoms with E-state index >= 15 is 0 Å². The minimum absolute atomic E-state index is 0.0475. The SMILES string of the molecule is CC1CN(C(=O)OC(C)(C)C)CCN1C(=O)c1cc2cc(Br)ccc2[nH]1. The molecule has 0 saturated carbocycles. The fraction of sp³-hybridized carbons (Fsp3) is 0.474. The molecule has 0 spiro atoms. The Kier molecular flexibility index (Phi) is 5.01. The maximum atomic E-state index is 12.9. The van der Waals surface area contributed by atoms with E-state index in [1.807, 2.05) is 52.0 Å². The second-order valence-electron chi connectivity index (χ2n) is 7.69. The molecule has 3 rings (SSSR count). The Balaban J connectivity index is 1.70. The molecule has 26 heavy (non-hydrogen) atoms. The van der Waals surface area contributed by atoms with Crippen molar-refractivity contribution in [2.45, 2.75) is 39.3 Å². The van der Waals surface area contributed by atoms with Gasteiger partial charge in [-0.25, -0.2) is 4.79 Å². The topological polar surface area (TPSA) is 65.6 Å². The highest BCUT2D eigenvalue weighted by Gasteiger charge is 2.32. The first-order valence-corrected chi connectivity index (χ1v) is 9.50. The first-order chi connectivity index (χ1) is 12.1. The highest BCUT2D eigenvalue weighted by molar-refractivity contribution is 9.10. The van der Waals surface area contributed by atoms with Gasteiger partial charge in [0.25, 0.3) is 5.91 Å². The number of fused-ring (bicyclic) bond motifs is 1. The van der Waals surface area contributed by atoms with Crippen molar-refractivity contribution < 1.29 is 14.3 Å². The average Bonchev–Trinajstić information content (AvgIpc) is 2.95. The van der Waals surface area contributed by atoms with Crippen molar-refractivity contribution in [2.75, 3.05) is 19.6 Å². The Hall–Kier alpha value is -2.02. The van der Waals surface area contributed by atoms with Gasteiger partial charge in [0.15, 0.2) is 0 Å². The molecule has 1 fully saturated rings. The number of nitrogens with zero attached hydrogens (tertiary/aromatic N) is 2. The van der Waals surface area contributed by atoms with Crippen molar-refractivity contribution in [1.82, 2.24) is 14.8 Å². The van der Waals surface area contributed by atoms with Gasteiger partial charge in [-0.2, -0.15) is 0 Å². The monoisotopic (exact) mass is 421 g/mol. The number of carbonyl (C=O) groups is 2. The molecular weight excluding hydrogens is 398 g/mol. The molecule has 1 atom stereocenters. The Morgan fingerprint density at radius 3 is 2.62 bits per heavy atom. The predicted octanol–water partition coefficient (Wildman–Crippen LogP) is 4.01. The molecule has 140 valence electrons. The van der Waals surface area contributed by atoms with Gasteiger partial charge in [-0.3, -0.25) is 4.79 Å². The van der Waals surface area contributed by atoms with Crippen LogP contribution in [-0.2, 0) is 4.74 Å². The van der Waals surface area contributed by atoms with Crippen molar-refractivity contribution in [3.05, 3.63) is 34.4 Å². The maximum absolute atomic E-state index is 12.9. The zero-order chi connectivity index (χ0) is 19.1. The molecule has 1 aliphatic heterocycles. The molecule has 6 nitrogen and oxygen atoms in total. The van der Waals surface area contributed by atoms with E-state index in [4.69, 9.17) is 4.74 Å². The Morgan fingerprint density at radius 2 is 1.96 bits per heavy atom. The molecule has 0 radical (unpaired) electrons. The second kappa shape index (κ2) is 6.95.